The molecule has 1 atom stereocenters. The van der Waals surface area contributed by atoms with Crippen molar-refractivity contribution >= 4 is 22.9 Å². The minimum Gasteiger partial charge on any atom is -0.493 e. The van der Waals surface area contributed by atoms with Gasteiger partial charge in [-0.3, -0.25) is 0 Å². The van der Waals surface area contributed by atoms with E-state index in [2.05, 4.69) is 17.4 Å². The third-order valence-corrected chi connectivity index (χ3v) is 5.89. The van der Waals surface area contributed by atoms with E-state index in [1.165, 1.54) is 5.56 Å². The van der Waals surface area contributed by atoms with Crippen LogP contribution in [0.3, 0.4) is 0 Å². The largest absolute Gasteiger partial charge is 0.493 e. The Hall–Kier alpha value is -3.13. The lowest BCUT2D eigenvalue weighted by molar-refractivity contribution is -0.138. The van der Waals surface area contributed by atoms with E-state index in [0.29, 0.717) is 28.5 Å². The second kappa shape index (κ2) is 10.9. The number of aliphatic imine (C=N–C) groups is 1. The Morgan fingerprint density at radius 2 is 1.72 bits per heavy atom. The lowest BCUT2D eigenvalue weighted by Crippen LogP contribution is -2.30. The highest BCUT2D eigenvalue weighted by molar-refractivity contribution is 8.13. The zero-order valence-corrected chi connectivity index (χ0v) is 19.7. The van der Waals surface area contributed by atoms with Crippen molar-refractivity contribution in [2.24, 2.45) is 4.99 Å². The predicted octanol–water partition coefficient (Wildman–Crippen LogP) is 4.48. The molecule has 0 fully saturated rings. The first-order valence-corrected chi connectivity index (χ1v) is 11.2. The first-order valence-electron chi connectivity index (χ1n) is 10.2. The van der Waals surface area contributed by atoms with Crippen LogP contribution in [0.1, 0.15) is 31.0 Å². The van der Waals surface area contributed by atoms with Gasteiger partial charge in [0.15, 0.2) is 16.7 Å². The van der Waals surface area contributed by atoms with Crippen LogP contribution in [0.15, 0.2) is 58.7 Å². The molecule has 7 nitrogen and oxygen atoms in total. The van der Waals surface area contributed by atoms with Gasteiger partial charge in [-0.15, -0.1) is 0 Å². The number of nitrogens with zero attached hydrogens (tertiary/aromatic N) is 1. The fourth-order valence-corrected chi connectivity index (χ4v) is 4.32. The van der Waals surface area contributed by atoms with Gasteiger partial charge >= 0.3 is 5.97 Å². The molecular weight excluding hydrogens is 428 g/mol. The summed E-state index contributed by atoms with van der Waals surface area (Å²) in [4.78, 5) is 17.7. The molecule has 1 aliphatic heterocycles. The minimum atomic E-state index is -0.581. The number of thioether (sulfide) groups is 1. The predicted molar refractivity (Wildman–Crippen MR) is 126 cm³/mol. The molecule has 2 aromatic carbocycles. The van der Waals surface area contributed by atoms with Crippen LogP contribution in [0.2, 0.25) is 0 Å². The highest BCUT2D eigenvalue weighted by atomic mass is 32.2. The van der Waals surface area contributed by atoms with Crippen LogP contribution in [0.25, 0.3) is 0 Å². The summed E-state index contributed by atoms with van der Waals surface area (Å²) in [5.41, 5.74) is 3.07. The Bertz CT molecular complexity index is 995. The van der Waals surface area contributed by atoms with Crippen LogP contribution in [-0.2, 0) is 15.3 Å². The zero-order chi connectivity index (χ0) is 23.1. The maximum atomic E-state index is 12.8. The van der Waals surface area contributed by atoms with Crippen molar-refractivity contribution < 1.29 is 23.7 Å². The standard InChI is InChI=1S/C24H28N2O5S/c1-6-31-23(27)20-15(2)25-24(32-14-16-10-8-7-9-11-16)26-21(20)17-12-18(28-3)22(30-5)19(13-17)29-4/h7-13,21H,6,14H2,1-5H3,(H,25,26)/t21-/m1/s1. The van der Waals surface area contributed by atoms with Crippen LogP contribution < -0.4 is 19.5 Å². The van der Waals surface area contributed by atoms with Gasteiger partial charge in [0.05, 0.1) is 33.5 Å². The molecule has 32 heavy (non-hydrogen) atoms. The maximum absolute atomic E-state index is 12.8. The average Bonchev–Trinajstić information content (AvgIpc) is 2.82. The molecule has 2 aromatic rings. The van der Waals surface area contributed by atoms with Crippen molar-refractivity contribution in [3.8, 4) is 17.2 Å². The number of hydrogen-bond donors (Lipinski definition) is 1. The summed E-state index contributed by atoms with van der Waals surface area (Å²) in [5.74, 6) is 1.81. The molecule has 1 heterocycles. The Labute approximate surface area is 192 Å². The maximum Gasteiger partial charge on any atom is 0.338 e. The van der Waals surface area contributed by atoms with Gasteiger partial charge < -0.3 is 24.3 Å². The van der Waals surface area contributed by atoms with Crippen LogP contribution in [0, 0.1) is 0 Å². The second-order valence-electron chi connectivity index (χ2n) is 6.95. The van der Waals surface area contributed by atoms with E-state index in [9.17, 15) is 4.79 Å². The zero-order valence-electron chi connectivity index (χ0n) is 18.9. The third kappa shape index (κ3) is 5.19. The molecule has 3 rings (SSSR count). The number of hydrogen-bond acceptors (Lipinski definition) is 8. The van der Waals surface area contributed by atoms with Crippen LogP contribution >= 0.6 is 11.8 Å². The molecule has 1 N–H and O–H groups in total. The summed E-state index contributed by atoms with van der Waals surface area (Å²) in [6.45, 7) is 3.91. The molecule has 0 bridgehead atoms. The molecule has 0 amide bonds. The monoisotopic (exact) mass is 456 g/mol. The van der Waals surface area contributed by atoms with Crippen LogP contribution in [0.5, 0.6) is 17.2 Å². The summed E-state index contributed by atoms with van der Waals surface area (Å²) < 4.78 is 21.8. The van der Waals surface area contributed by atoms with Gasteiger partial charge in [-0.25, -0.2) is 9.79 Å². The fraction of sp³-hybridized carbons (Fsp3) is 0.333. The Morgan fingerprint density at radius 3 is 2.28 bits per heavy atom. The van der Waals surface area contributed by atoms with E-state index in [-0.39, 0.29) is 6.61 Å². The first-order chi connectivity index (χ1) is 15.5. The number of carbonyl (C=O) groups is 1. The number of amidine groups is 1. The quantitative estimate of drug-likeness (QED) is 0.587. The number of allylic oxidation sites excluding steroid dienone is 1. The summed E-state index contributed by atoms with van der Waals surface area (Å²) in [5, 5.41) is 3.98. The average molecular weight is 457 g/mol. The number of nitrogens with one attached hydrogen (secondary N) is 1. The van der Waals surface area contributed by atoms with Gasteiger partial charge in [-0.2, -0.15) is 0 Å². The molecule has 0 aromatic heterocycles. The summed E-state index contributed by atoms with van der Waals surface area (Å²) >= 11 is 1.57. The number of rotatable bonds is 8. The van der Waals surface area contributed by atoms with E-state index in [1.807, 2.05) is 37.3 Å². The molecule has 0 saturated carbocycles. The fourth-order valence-electron chi connectivity index (χ4n) is 3.42. The Morgan fingerprint density at radius 1 is 1.06 bits per heavy atom. The van der Waals surface area contributed by atoms with E-state index in [4.69, 9.17) is 23.9 Å². The highest BCUT2D eigenvalue weighted by Gasteiger charge is 2.32. The summed E-state index contributed by atoms with van der Waals surface area (Å²) in [7, 11) is 4.66. The van der Waals surface area contributed by atoms with Crippen LogP contribution in [0.4, 0.5) is 0 Å². The minimum absolute atomic E-state index is 0.275. The third-order valence-electron chi connectivity index (χ3n) is 4.93. The van der Waals surface area contributed by atoms with Crippen molar-refractivity contribution in [3.05, 3.63) is 64.9 Å². The molecule has 0 unspecified atom stereocenters. The molecule has 170 valence electrons. The van der Waals surface area contributed by atoms with Crippen molar-refractivity contribution in [2.75, 3.05) is 27.9 Å². The molecule has 0 spiro atoms. The van der Waals surface area contributed by atoms with Crippen molar-refractivity contribution in [3.63, 3.8) is 0 Å². The highest BCUT2D eigenvalue weighted by Crippen LogP contribution is 2.43. The normalized spacial score (nSPS) is 15.5. The van der Waals surface area contributed by atoms with Crippen LogP contribution in [-0.4, -0.2) is 39.1 Å². The van der Waals surface area contributed by atoms with Gasteiger partial charge in [-0.1, -0.05) is 42.1 Å². The van der Waals surface area contributed by atoms with Gasteiger partial charge in [-0.05, 0) is 37.1 Å². The van der Waals surface area contributed by atoms with Gasteiger partial charge in [0.25, 0.3) is 0 Å². The van der Waals surface area contributed by atoms with E-state index >= 15 is 0 Å². The smallest absolute Gasteiger partial charge is 0.338 e. The second-order valence-corrected chi connectivity index (χ2v) is 7.92. The van der Waals surface area contributed by atoms with E-state index in [1.54, 1.807) is 40.0 Å². The van der Waals surface area contributed by atoms with Gasteiger partial charge in [0.2, 0.25) is 5.75 Å². The number of methoxy groups -OCH3 is 3. The Kier molecular flexibility index (Phi) is 8.05. The first kappa shape index (κ1) is 23.5. The van der Waals surface area contributed by atoms with Crippen molar-refractivity contribution in [1.82, 2.24) is 5.32 Å². The topological polar surface area (TPSA) is 78.4 Å². The van der Waals surface area contributed by atoms with E-state index < -0.39 is 12.0 Å². The summed E-state index contributed by atoms with van der Waals surface area (Å²) in [6.07, 6.45) is 0. The number of esters is 1. The molecule has 0 aliphatic carbocycles. The Balaban J connectivity index is 2.02. The number of benzene rings is 2. The molecule has 0 saturated heterocycles. The van der Waals surface area contributed by atoms with Gasteiger partial charge in [0.1, 0.15) is 6.04 Å². The van der Waals surface area contributed by atoms with Gasteiger partial charge in [0, 0.05) is 11.4 Å². The number of carbonyl (C=O) groups excluding carboxylic acids is 1. The van der Waals surface area contributed by atoms with Crippen molar-refractivity contribution in [1.29, 1.82) is 0 Å². The van der Waals surface area contributed by atoms with E-state index in [0.717, 1.165) is 16.5 Å². The SMILES string of the molecule is CCOC(=O)C1=C(C)NC(SCc2ccccc2)=N[C@@H]1c1cc(OC)c(OC)c(OC)c1. The lowest BCUT2D eigenvalue weighted by Gasteiger charge is -2.26. The molecular formula is C24H28N2O5S. The molecule has 1 aliphatic rings. The molecule has 8 heteroatoms. The van der Waals surface area contributed by atoms with Crippen molar-refractivity contribution in [2.45, 2.75) is 25.6 Å². The summed E-state index contributed by atoms with van der Waals surface area (Å²) in [6, 6.07) is 13.2. The lowest BCUT2D eigenvalue weighted by atomic mass is 9.96. The molecule has 0 radical (unpaired) electrons. The number of ether oxygens (including phenoxy) is 4.